The molecule has 4 rings (SSSR count). The lowest BCUT2D eigenvalue weighted by Crippen LogP contribution is -2.03. The summed E-state index contributed by atoms with van der Waals surface area (Å²) in [5.41, 5.74) is 2.48. The van der Waals surface area contributed by atoms with Crippen LogP contribution in [0.3, 0.4) is 0 Å². The van der Waals surface area contributed by atoms with Crippen molar-refractivity contribution in [1.29, 1.82) is 0 Å². The van der Waals surface area contributed by atoms with Crippen LogP contribution in [-0.2, 0) is 19.4 Å². The van der Waals surface area contributed by atoms with Crippen LogP contribution in [0.25, 0.3) is 11.5 Å². The largest absolute Gasteiger partial charge is 0.494 e. The van der Waals surface area contributed by atoms with Gasteiger partial charge < -0.3 is 19.4 Å². The minimum absolute atomic E-state index is 0.0764. The number of hydrogen-bond acceptors (Lipinski definition) is 7. The summed E-state index contributed by atoms with van der Waals surface area (Å²) < 4.78 is 11.5. The van der Waals surface area contributed by atoms with Crippen molar-refractivity contribution in [2.45, 2.75) is 19.4 Å². The highest BCUT2D eigenvalue weighted by atomic mass is 32.1. The number of aromatic amines is 1. The number of rotatable bonds is 8. The molecule has 0 fully saturated rings. The summed E-state index contributed by atoms with van der Waals surface area (Å²) >= 11 is 1.00. The molecule has 2 aromatic heterocycles. The van der Waals surface area contributed by atoms with Gasteiger partial charge in [0.25, 0.3) is 0 Å². The van der Waals surface area contributed by atoms with Crippen molar-refractivity contribution in [1.82, 2.24) is 9.97 Å². The summed E-state index contributed by atoms with van der Waals surface area (Å²) in [5.74, 6) is 1.54. The van der Waals surface area contributed by atoms with Gasteiger partial charge in [-0.3, -0.25) is 9.78 Å². The van der Waals surface area contributed by atoms with Crippen molar-refractivity contribution < 1.29 is 19.4 Å². The van der Waals surface area contributed by atoms with E-state index in [2.05, 4.69) is 9.97 Å². The number of aliphatic hydroxyl groups excluding tert-OH is 1. The monoisotopic (exact) mass is 424 g/mol. The Morgan fingerprint density at radius 2 is 1.87 bits per heavy atom. The summed E-state index contributed by atoms with van der Waals surface area (Å²) in [5, 5.41) is 19.2. The fraction of sp³-hybridized carbons (Fsp3) is 0.182. The lowest BCUT2D eigenvalue weighted by Gasteiger charge is -2.06. The second kappa shape index (κ2) is 8.98. The van der Waals surface area contributed by atoms with Crippen LogP contribution in [0.5, 0.6) is 11.6 Å². The molecule has 0 aliphatic rings. The molecule has 7 nitrogen and oxygen atoms in total. The van der Waals surface area contributed by atoms with Crippen LogP contribution in [-0.4, -0.2) is 26.8 Å². The Hall–Kier alpha value is -3.36. The smallest absolute Gasteiger partial charge is 0.307 e. The summed E-state index contributed by atoms with van der Waals surface area (Å²) in [6, 6.07) is 17.0. The third-order valence-electron chi connectivity index (χ3n) is 4.54. The Balaban J connectivity index is 1.36. The third kappa shape index (κ3) is 4.61. The van der Waals surface area contributed by atoms with Crippen molar-refractivity contribution in [3.8, 4) is 23.1 Å². The van der Waals surface area contributed by atoms with Crippen molar-refractivity contribution in [2.24, 2.45) is 0 Å². The predicted molar refractivity (Wildman–Crippen MR) is 113 cm³/mol. The zero-order chi connectivity index (χ0) is 20.9. The van der Waals surface area contributed by atoms with Crippen LogP contribution >= 0.6 is 11.3 Å². The molecule has 30 heavy (non-hydrogen) atoms. The minimum Gasteiger partial charge on any atom is -0.494 e. The lowest BCUT2D eigenvalue weighted by molar-refractivity contribution is 0.245. The van der Waals surface area contributed by atoms with E-state index in [1.807, 2.05) is 54.6 Å². The van der Waals surface area contributed by atoms with E-state index in [1.165, 1.54) is 0 Å². The van der Waals surface area contributed by atoms with E-state index in [1.54, 1.807) is 0 Å². The fourth-order valence-corrected chi connectivity index (χ4v) is 3.79. The minimum atomic E-state index is -0.270. The molecule has 154 valence electrons. The van der Waals surface area contributed by atoms with Gasteiger partial charge in [0, 0.05) is 18.4 Å². The van der Waals surface area contributed by atoms with E-state index in [9.17, 15) is 15.0 Å². The molecule has 0 spiro atoms. The van der Waals surface area contributed by atoms with Gasteiger partial charge in [0.1, 0.15) is 12.4 Å². The maximum atomic E-state index is 11.3. The van der Waals surface area contributed by atoms with Crippen molar-refractivity contribution in [3.63, 3.8) is 0 Å². The molecule has 0 amide bonds. The van der Waals surface area contributed by atoms with Crippen LogP contribution in [0, 0.1) is 0 Å². The second-order valence-electron chi connectivity index (χ2n) is 6.62. The van der Waals surface area contributed by atoms with E-state index in [4.69, 9.17) is 9.15 Å². The van der Waals surface area contributed by atoms with Gasteiger partial charge in [-0.05, 0) is 29.8 Å². The van der Waals surface area contributed by atoms with Gasteiger partial charge in [-0.15, -0.1) is 0 Å². The number of oxazole rings is 1. The number of thiazole rings is 1. The van der Waals surface area contributed by atoms with Crippen molar-refractivity contribution >= 4 is 11.3 Å². The summed E-state index contributed by atoms with van der Waals surface area (Å²) in [7, 11) is 0. The average molecular weight is 424 g/mol. The van der Waals surface area contributed by atoms with Gasteiger partial charge in [0.2, 0.25) is 11.8 Å². The van der Waals surface area contributed by atoms with Gasteiger partial charge in [0.15, 0.2) is 5.76 Å². The Morgan fingerprint density at radius 1 is 1.10 bits per heavy atom. The Morgan fingerprint density at radius 3 is 2.53 bits per heavy atom. The first kappa shape index (κ1) is 19.9. The third-order valence-corrected chi connectivity index (χ3v) is 5.41. The molecule has 2 aromatic carbocycles. The maximum Gasteiger partial charge on any atom is 0.307 e. The number of benzene rings is 2. The number of aromatic nitrogens is 2. The number of aromatic hydroxyl groups is 1. The number of hydrogen-bond donors (Lipinski definition) is 3. The second-order valence-corrected chi connectivity index (χ2v) is 7.69. The van der Waals surface area contributed by atoms with Gasteiger partial charge in [-0.1, -0.05) is 41.7 Å². The Labute approximate surface area is 176 Å². The van der Waals surface area contributed by atoms with Gasteiger partial charge >= 0.3 is 4.87 Å². The molecular weight excluding hydrogens is 404 g/mol. The van der Waals surface area contributed by atoms with Crippen LogP contribution < -0.4 is 9.61 Å². The molecule has 0 saturated carbocycles. The molecule has 8 heteroatoms. The predicted octanol–water partition coefficient (Wildman–Crippen LogP) is 3.50. The first-order valence-electron chi connectivity index (χ1n) is 9.40. The maximum absolute atomic E-state index is 11.3. The molecule has 0 bridgehead atoms. The SMILES string of the molecule is O=c1[nH]c(O)c(Cc2ccc(OCCc3nc(-c4ccccc4)oc3CO)cc2)s1. The number of H-pyrrole nitrogens is 1. The van der Waals surface area contributed by atoms with Crippen LogP contribution in [0.2, 0.25) is 0 Å². The van der Waals surface area contributed by atoms with Crippen LogP contribution in [0.4, 0.5) is 0 Å². The lowest BCUT2D eigenvalue weighted by atomic mass is 10.1. The summed E-state index contributed by atoms with van der Waals surface area (Å²) in [6.45, 7) is 0.162. The molecule has 3 N–H and O–H groups in total. The average Bonchev–Trinajstić information content (AvgIpc) is 3.32. The molecule has 2 heterocycles. The molecule has 0 aliphatic heterocycles. The number of nitrogens with zero attached hydrogens (tertiary/aromatic N) is 1. The van der Waals surface area contributed by atoms with E-state index in [-0.39, 0.29) is 17.4 Å². The highest BCUT2D eigenvalue weighted by Gasteiger charge is 2.14. The van der Waals surface area contributed by atoms with E-state index in [0.717, 1.165) is 22.5 Å². The van der Waals surface area contributed by atoms with Gasteiger partial charge in [0.05, 0.1) is 17.2 Å². The summed E-state index contributed by atoms with van der Waals surface area (Å²) in [6.07, 6.45) is 0.968. The molecule has 0 unspecified atom stereocenters. The Kier molecular flexibility index (Phi) is 5.97. The topological polar surface area (TPSA) is 109 Å². The van der Waals surface area contributed by atoms with E-state index >= 15 is 0 Å². The van der Waals surface area contributed by atoms with E-state index in [0.29, 0.717) is 47.4 Å². The Bertz CT molecular complexity index is 1160. The highest BCUT2D eigenvalue weighted by molar-refractivity contribution is 7.09. The van der Waals surface area contributed by atoms with Crippen LogP contribution in [0.1, 0.15) is 21.9 Å². The molecule has 0 atom stereocenters. The number of ether oxygens (including phenoxy) is 1. The molecular formula is C22H20N2O5S. The molecule has 0 radical (unpaired) electrons. The standard InChI is InChI=1S/C22H20N2O5S/c25-13-18-17(23-21(29-18)15-4-2-1-3-5-15)10-11-28-16-8-6-14(7-9-16)12-19-20(26)24-22(27)30-19/h1-9,25-26H,10-13H2,(H,24,27). The van der Waals surface area contributed by atoms with Gasteiger partial charge in [-0.25, -0.2) is 4.98 Å². The zero-order valence-corrected chi connectivity index (χ0v) is 16.8. The number of aliphatic hydroxyl groups is 1. The molecule has 0 saturated heterocycles. The first-order chi connectivity index (χ1) is 14.6. The van der Waals surface area contributed by atoms with Crippen molar-refractivity contribution in [3.05, 3.63) is 86.2 Å². The zero-order valence-electron chi connectivity index (χ0n) is 16.0. The van der Waals surface area contributed by atoms with Crippen LogP contribution in [0.15, 0.2) is 63.8 Å². The normalized spacial score (nSPS) is 11.0. The molecule has 0 aliphatic carbocycles. The van der Waals surface area contributed by atoms with Gasteiger partial charge in [-0.2, -0.15) is 0 Å². The fourth-order valence-electron chi connectivity index (χ4n) is 3.03. The number of nitrogens with one attached hydrogen (secondary N) is 1. The van der Waals surface area contributed by atoms with E-state index < -0.39 is 0 Å². The first-order valence-corrected chi connectivity index (χ1v) is 10.2. The highest BCUT2D eigenvalue weighted by Crippen LogP contribution is 2.24. The van der Waals surface area contributed by atoms with Crippen molar-refractivity contribution in [2.75, 3.05) is 6.61 Å². The summed E-state index contributed by atoms with van der Waals surface area (Å²) in [4.78, 5) is 18.5. The quantitative estimate of drug-likeness (QED) is 0.399. The molecule has 4 aromatic rings.